The van der Waals surface area contributed by atoms with Gasteiger partial charge >= 0.3 is 0 Å². The summed E-state index contributed by atoms with van der Waals surface area (Å²) in [5.74, 6) is 2.03. The van der Waals surface area contributed by atoms with Gasteiger partial charge in [-0.05, 0) is 68.6 Å². The minimum atomic E-state index is 0.691. The maximum absolute atomic E-state index is 6.06. The van der Waals surface area contributed by atoms with E-state index in [1.165, 1.54) is 27.9 Å². The molecule has 138 valence electrons. The lowest BCUT2D eigenvalue weighted by molar-refractivity contribution is 0.304. The highest BCUT2D eigenvalue weighted by Crippen LogP contribution is 2.40. The largest absolute Gasteiger partial charge is 0.494 e. The first-order chi connectivity index (χ1) is 12.8. The van der Waals surface area contributed by atoms with Crippen molar-refractivity contribution in [2.24, 2.45) is 0 Å². The standard InChI is InChI=1S/C22H28N2O2/c1-3-25-20-7-5-4-6-18(20)15-24-12-13-26-21-14-17-8-10-23-11-9-19(17)16(2)22(21)24/h4-7,14,23H,3,8-13,15H2,1-2H3. The third-order valence-electron chi connectivity index (χ3n) is 5.43. The van der Waals surface area contributed by atoms with Crippen LogP contribution < -0.4 is 19.7 Å². The van der Waals surface area contributed by atoms with Crippen LogP contribution in [0.4, 0.5) is 5.69 Å². The van der Waals surface area contributed by atoms with Gasteiger partial charge in [0.05, 0.1) is 18.8 Å². The zero-order chi connectivity index (χ0) is 17.9. The van der Waals surface area contributed by atoms with E-state index in [2.05, 4.69) is 41.4 Å². The molecule has 0 atom stereocenters. The zero-order valence-corrected chi connectivity index (χ0v) is 15.8. The maximum atomic E-state index is 6.06. The lowest BCUT2D eigenvalue weighted by Crippen LogP contribution is -2.33. The van der Waals surface area contributed by atoms with Gasteiger partial charge in [-0.3, -0.25) is 0 Å². The number of rotatable bonds is 4. The lowest BCUT2D eigenvalue weighted by Gasteiger charge is -2.34. The minimum Gasteiger partial charge on any atom is -0.494 e. The summed E-state index contributed by atoms with van der Waals surface area (Å²) in [5.41, 5.74) is 6.83. The monoisotopic (exact) mass is 352 g/mol. The molecule has 0 unspecified atom stereocenters. The Bertz CT molecular complexity index is 788. The number of ether oxygens (including phenoxy) is 2. The molecule has 0 radical (unpaired) electrons. The third-order valence-corrected chi connectivity index (χ3v) is 5.43. The molecule has 2 aromatic rings. The molecular formula is C22H28N2O2. The highest BCUT2D eigenvalue weighted by atomic mass is 16.5. The van der Waals surface area contributed by atoms with E-state index < -0.39 is 0 Å². The van der Waals surface area contributed by atoms with Crippen molar-refractivity contribution in [3.8, 4) is 11.5 Å². The van der Waals surface area contributed by atoms with Crippen LogP contribution in [0, 0.1) is 6.92 Å². The first kappa shape index (κ1) is 17.2. The van der Waals surface area contributed by atoms with Crippen molar-refractivity contribution < 1.29 is 9.47 Å². The predicted molar refractivity (Wildman–Crippen MR) is 106 cm³/mol. The first-order valence-corrected chi connectivity index (χ1v) is 9.72. The number of fused-ring (bicyclic) bond motifs is 2. The Morgan fingerprint density at radius 2 is 2.04 bits per heavy atom. The van der Waals surface area contributed by atoms with E-state index in [-0.39, 0.29) is 0 Å². The van der Waals surface area contributed by atoms with E-state index >= 15 is 0 Å². The second kappa shape index (κ2) is 7.58. The molecule has 4 rings (SSSR count). The molecule has 2 aliphatic heterocycles. The number of anilines is 1. The van der Waals surface area contributed by atoms with E-state index in [0.717, 1.165) is 57.1 Å². The third kappa shape index (κ3) is 3.26. The Morgan fingerprint density at radius 1 is 1.19 bits per heavy atom. The van der Waals surface area contributed by atoms with Crippen molar-refractivity contribution in [2.75, 3.05) is 37.7 Å². The van der Waals surface area contributed by atoms with Crippen molar-refractivity contribution in [1.82, 2.24) is 5.32 Å². The average Bonchev–Trinajstić information content (AvgIpc) is 2.89. The smallest absolute Gasteiger partial charge is 0.143 e. The number of nitrogens with one attached hydrogen (secondary N) is 1. The molecule has 0 saturated carbocycles. The van der Waals surface area contributed by atoms with Crippen molar-refractivity contribution in [1.29, 1.82) is 0 Å². The predicted octanol–water partition coefficient (Wildman–Crippen LogP) is 3.48. The highest BCUT2D eigenvalue weighted by molar-refractivity contribution is 5.69. The summed E-state index contributed by atoms with van der Waals surface area (Å²) >= 11 is 0. The van der Waals surface area contributed by atoms with Crippen molar-refractivity contribution in [3.63, 3.8) is 0 Å². The second-order valence-corrected chi connectivity index (χ2v) is 7.05. The first-order valence-electron chi connectivity index (χ1n) is 9.72. The fraction of sp³-hybridized carbons (Fsp3) is 0.455. The second-order valence-electron chi connectivity index (χ2n) is 7.05. The maximum Gasteiger partial charge on any atom is 0.143 e. The molecule has 1 N–H and O–H groups in total. The summed E-state index contributed by atoms with van der Waals surface area (Å²) in [4.78, 5) is 2.46. The Kier molecular flexibility index (Phi) is 5.02. The van der Waals surface area contributed by atoms with E-state index in [1.807, 2.05) is 13.0 Å². The van der Waals surface area contributed by atoms with E-state index in [9.17, 15) is 0 Å². The molecule has 4 heteroatoms. The molecule has 2 aromatic carbocycles. The summed E-state index contributed by atoms with van der Waals surface area (Å²) in [5, 5.41) is 3.51. The van der Waals surface area contributed by atoms with Crippen LogP contribution in [-0.4, -0.2) is 32.8 Å². The molecule has 2 heterocycles. The topological polar surface area (TPSA) is 33.7 Å². The fourth-order valence-corrected chi connectivity index (χ4v) is 4.19. The van der Waals surface area contributed by atoms with Gasteiger partial charge < -0.3 is 19.7 Å². The highest BCUT2D eigenvalue weighted by Gasteiger charge is 2.25. The van der Waals surface area contributed by atoms with Crippen LogP contribution >= 0.6 is 0 Å². The van der Waals surface area contributed by atoms with Gasteiger partial charge in [0.2, 0.25) is 0 Å². The minimum absolute atomic E-state index is 0.691. The molecule has 0 saturated heterocycles. The van der Waals surface area contributed by atoms with Gasteiger partial charge in [-0.15, -0.1) is 0 Å². The van der Waals surface area contributed by atoms with E-state index in [4.69, 9.17) is 9.47 Å². The van der Waals surface area contributed by atoms with Gasteiger partial charge in [0, 0.05) is 12.1 Å². The number of benzene rings is 2. The number of para-hydroxylation sites is 1. The Balaban J connectivity index is 1.70. The Hall–Kier alpha value is -2.20. The van der Waals surface area contributed by atoms with Crippen LogP contribution in [0.2, 0.25) is 0 Å². The molecule has 0 fully saturated rings. The lowest BCUT2D eigenvalue weighted by atomic mass is 9.94. The van der Waals surface area contributed by atoms with Crippen molar-refractivity contribution >= 4 is 5.69 Å². The van der Waals surface area contributed by atoms with E-state index in [1.54, 1.807) is 0 Å². The quantitative estimate of drug-likeness (QED) is 0.913. The van der Waals surface area contributed by atoms with Gasteiger partial charge in [-0.25, -0.2) is 0 Å². The van der Waals surface area contributed by atoms with Crippen LogP contribution in [0.3, 0.4) is 0 Å². The van der Waals surface area contributed by atoms with Gasteiger partial charge in [-0.1, -0.05) is 18.2 Å². The van der Waals surface area contributed by atoms with Gasteiger partial charge in [0.1, 0.15) is 18.1 Å². The summed E-state index contributed by atoms with van der Waals surface area (Å²) in [6, 6.07) is 10.7. The summed E-state index contributed by atoms with van der Waals surface area (Å²) < 4.78 is 11.9. The number of hydrogen-bond donors (Lipinski definition) is 1. The molecule has 0 spiro atoms. The molecule has 26 heavy (non-hydrogen) atoms. The van der Waals surface area contributed by atoms with Crippen LogP contribution in [0.25, 0.3) is 0 Å². The average molecular weight is 352 g/mol. The van der Waals surface area contributed by atoms with Crippen LogP contribution in [0.5, 0.6) is 11.5 Å². The Labute approximate surface area is 156 Å². The van der Waals surface area contributed by atoms with Gasteiger partial charge in [0.15, 0.2) is 0 Å². The van der Waals surface area contributed by atoms with Crippen LogP contribution in [0.1, 0.15) is 29.2 Å². The fourth-order valence-electron chi connectivity index (χ4n) is 4.19. The summed E-state index contributed by atoms with van der Waals surface area (Å²) in [6.07, 6.45) is 2.18. The molecule has 2 aliphatic rings. The molecular weight excluding hydrogens is 324 g/mol. The molecule has 0 aliphatic carbocycles. The SMILES string of the molecule is CCOc1ccccc1CN1CCOc2cc3c(c(C)c21)CCNCC3. The molecule has 0 amide bonds. The van der Waals surface area contributed by atoms with E-state index in [0.29, 0.717) is 6.61 Å². The van der Waals surface area contributed by atoms with Crippen molar-refractivity contribution in [2.45, 2.75) is 33.2 Å². The molecule has 4 nitrogen and oxygen atoms in total. The molecule has 0 aromatic heterocycles. The van der Waals surface area contributed by atoms with Crippen LogP contribution in [0.15, 0.2) is 30.3 Å². The normalized spacial score (nSPS) is 16.3. The van der Waals surface area contributed by atoms with Gasteiger partial charge in [0.25, 0.3) is 0 Å². The van der Waals surface area contributed by atoms with Crippen molar-refractivity contribution in [3.05, 3.63) is 52.6 Å². The summed E-state index contributed by atoms with van der Waals surface area (Å²) in [6.45, 7) is 9.59. The number of hydrogen-bond acceptors (Lipinski definition) is 4. The van der Waals surface area contributed by atoms with Gasteiger partial charge in [-0.2, -0.15) is 0 Å². The van der Waals surface area contributed by atoms with Crippen LogP contribution in [-0.2, 0) is 19.4 Å². The molecule has 0 bridgehead atoms. The zero-order valence-electron chi connectivity index (χ0n) is 15.8. The number of nitrogens with zero attached hydrogens (tertiary/aromatic N) is 1. The summed E-state index contributed by atoms with van der Waals surface area (Å²) in [7, 11) is 0. The Morgan fingerprint density at radius 3 is 2.92 bits per heavy atom.